The maximum absolute atomic E-state index is 10.8. The first kappa shape index (κ1) is 13.5. The molecule has 0 amide bonds. The normalized spacial score (nSPS) is 32.8. The number of ether oxygens (including phenoxy) is 3. The minimum Gasteiger partial charge on any atom is -0.481 e. The summed E-state index contributed by atoms with van der Waals surface area (Å²) in [6.45, 7) is 6.72. The smallest absolute Gasteiger partial charge is 0.303 e. The van der Waals surface area contributed by atoms with Crippen LogP contribution in [0.4, 0.5) is 0 Å². The van der Waals surface area contributed by atoms with E-state index >= 15 is 0 Å². The second-order valence-corrected chi connectivity index (χ2v) is 5.53. The Morgan fingerprint density at radius 3 is 2.39 bits per heavy atom. The minimum atomic E-state index is -0.946. The van der Waals surface area contributed by atoms with Crippen LogP contribution in [-0.2, 0) is 19.0 Å². The van der Waals surface area contributed by atoms with Crippen molar-refractivity contribution in [2.75, 3.05) is 13.2 Å². The summed E-state index contributed by atoms with van der Waals surface area (Å²) in [6.07, 6.45) is 4.14. The standard InChI is InChI=1S/C13H20O5/c1-11(2)6-7-13(16-8-9-17-13)12(3,18-11)5-4-10(14)15/h6-7H,4-5,8-9H2,1-3H3,(H,14,15)/t12-/m1/s1. The van der Waals surface area contributed by atoms with Gasteiger partial charge in [-0.3, -0.25) is 4.79 Å². The Morgan fingerprint density at radius 2 is 1.83 bits per heavy atom. The van der Waals surface area contributed by atoms with E-state index in [0.29, 0.717) is 19.6 Å². The highest BCUT2D eigenvalue weighted by Gasteiger charge is 2.56. The fraction of sp³-hybridized carbons (Fsp3) is 0.769. The van der Waals surface area contributed by atoms with Gasteiger partial charge in [0.2, 0.25) is 5.79 Å². The molecule has 0 aromatic rings. The topological polar surface area (TPSA) is 65.0 Å². The van der Waals surface area contributed by atoms with E-state index in [4.69, 9.17) is 19.3 Å². The van der Waals surface area contributed by atoms with Crippen LogP contribution in [0.1, 0.15) is 33.6 Å². The van der Waals surface area contributed by atoms with Crippen LogP contribution < -0.4 is 0 Å². The Labute approximate surface area is 107 Å². The SMILES string of the molecule is CC1(C)C=CC2(OCCO2)[C@@](C)(CCC(=O)O)O1. The number of hydrogen-bond donors (Lipinski definition) is 1. The molecule has 0 saturated carbocycles. The van der Waals surface area contributed by atoms with Crippen LogP contribution in [0.25, 0.3) is 0 Å². The van der Waals surface area contributed by atoms with Gasteiger partial charge in [-0.15, -0.1) is 0 Å². The highest BCUT2D eigenvalue weighted by molar-refractivity contribution is 5.66. The average molecular weight is 256 g/mol. The van der Waals surface area contributed by atoms with E-state index in [9.17, 15) is 4.79 Å². The van der Waals surface area contributed by atoms with Crippen LogP contribution in [0.3, 0.4) is 0 Å². The molecule has 2 rings (SSSR count). The van der Waals surface area contributed by atoms with Gasteiger partial charge in [0.15, 0.2) is 0 Å². The number of carbonyl (C=O) groups is 1. The van der Waals surface area contributed by atoms with Gasteiger partial charge in [0, 0.05) is 6.42 Å². The Bertz CT molecular complexity index is 368. The Morgan fingerprint density at radius 1 is 1.22 bits per heavy atom. The van der Waals surface area contributed by atoms with Gasteiger partial charge in [-0.05, 0) is 33.3 Å². The highest BCUT2D eigenvalue weighted by Crippen LogP contribution is 2.45. The number of rotatable bonds is 3. The summed E-state index contributed by atoms with van der Waals surface area (Å²) < 4.78 is 17.4. The van der Waals surface area contributed by atoms with E-state index in [-0.39, 0.29) is 6.42 Å². The van der Waals surface area contributed by atoms with E-state index in [0.717, 1.165) is 0 Å². The van der Waals surface area contributed by atoms with Crippen molar-refractivity contribution in [2.45, 2.75) is 50.6 Å². The molecule has 0 aliphatic carbocycles. The van der Waals surface area contributed by atoms with Crippen LogP contribution in [0.2, 0.25) is 0 Å². The zero-order valence-corrected chi connectivity index (χ0v) is 11.1. The summed E-state index contributed by atoms with van der Waals surface area (Å²) >= 11 is 0. The van der Waals surface area contributed by atoms with Crippen molar-refractivity contribution in [1.82, 2.24) is 0 Å². The van der Waals surface area contributed by atoms with E-state index in [1.807, 2.05) is 32.9 Å². The molecule has 1 N–H and O–H groups in total. The van der Waals surface area contributed by atoms with Crippen LogP contribution in [-0.4, -0.2) is 41.3 Å². The van der Waals surface area contributed by atoms with Crippen LogP contribution in [0.15, 0.2) is 12.2 Å². The minimum absolute atomic E-state index is 0.0227. The molecule has 0 unspecified atom stereocenters. The molecular formula is C13H20O5. The van der Waals surface area contributed by atoms with E-state index in [2.05, 4.69) is 0 Å². The van der Waals surface area contributed by atoms with Gasteiger partial charge in [0.1, 0.15) is 5.60 Å². The molecule has 102 valence electrons. The van der Waals surface area contributed by atoms with Crippen LogP contribution in [0, 0.1) is 0 Å². The number of aliphatic carboxylic acids is 1. The van der Waals surface area contributed by atoms with Crippen molar-refractivity contribution < 1.29 is 24.1 Å². The van der Waals surface area contributed by atoms with Crippen LogP contribution >= 0.6 is 0 Å². The van der Waals surface area contributed by atoms with Crippen molar-refractivity contribution in [1.29, 1.82) is 0 Å². The van der Waals surface area contributed by atoms with Crippen molar-refractivity contribution in [3.05, 3.63) is 12.2 Å². The molecule has 1 fully saturated rings. The van der Waals surface area contributed by atoms with E-state index < -0.39 is 23.0 Å². The van der Waals surface area contributed by atoms with Crippen molar-refractivity contribution in [2.24, 2.45) is 0 Å². The molecule has 0 aromatic carbocycles. The summed E-state index contributed by atoms with van der Waals surface area (Å²) in [5.74, 6) is -1.79. The summed E-state index contributed by atoms with van der Waals surface area (Å²) in [4.78, 5) is 10.8. The molecule has 1 saturated heterocycles. The van der Waals surface area contributed by atoms with Crippen molar-refractivity contribution in [3.8, 4) is 0 Å². The molecule has 5 heteroatoms. The molecular weight excluding hydrogens is 236 g/mol. The number of carboxylic acid groups (broad SMARTS) is 1. The van der Waals surface area contributed by atoms with Crippen LogP contribution in [0.5, 0.6) is 0 Å². The van der Waals surface area contributed by atoms with Crippen molar-refractivity contribution >= 4 is 5.97 Å². The Kier molecular flexibility index (Phi) is 3.25. The molecule has 18 heavy (non-hydrogen) atoms. The van der Waals surface area contributed by atoms with Gasteiger partial charge in [-0.25, -0.2) is 0 Å². The van der Waals surface area contributed by atoms with Gasteiger partial charge in [0.25, 0.3) is 0 Å². The first-order chi connectivity index (χ1) is 8.29. The molecule has 2 aliphatic rings. The zero-order chi connectivity index (χ0) is 13.4. The van der Waals surface area contributed by atoms with E-state index in [1.165, 1.54) is 0 Å². The fourth-order valence-electron chi connectivity index (χ4n) is 2.57. The maximum atomic E-state index is 10.8. The molecule has 0 radical (unpaired) electrons. The van der Waals surface area contributed by atoms with E-state index in [1.54, 1.807) is 0 Å². The lowest BCUT2D eigenvalue weighted by Crippen LogP contribution is -2.59. The second-order valence-electron chi connectivity index (χ2n) is 5.53. The summed E-state index contributed by atoms with van der Waals surface area (Å²) in [6, 6.07) is 0. The number of carboxylic acids is 1. The van der Waals surface area contributed by atoms with Gasteiger partial charge >= 0.3 is 5.97 Å². The van der Waals surface area contributed by atoms with Gasteiger partial charge < -0.3 is 19.3 Å². The lowest BCUT2D eigenvalue weighted by atomic mass is 9.84. The molecule has 1 spiro atoms. The van der Waals surface area contributed by atoms with Crippen molar-refractivity contribution in [3.63, 3.8) is 0 Å². The largest absolute Gasteiger partial charge is 0.481 e. The Hall–Kier alpha value is -0.910. The molecule has 1 atom stereocenters. The average Bonchev–Trinajstić information content (AvgIpc) is 2.72. The third-order valence-electron chi connectivity index (χ3n) is 3.46. The predicted octanol–water partition coefficient (Wildman–Crippen LogP) is 1.72. The van der Waals surface area contributed by atoms with Gasteiger partial charge in [-0.2, -0.15) is 0 Å². The zero-order valence-electron chi connectivity index (χ0n) is 11.1. The van der Waals surface area contributed by atoms with Gasteiger partial charge in [0.05, 0.1) is 18.8 Å². The molecule has 0 aromatic heterocycles. The van der Waals surface area contributed by atoms with Gasteiger partial charge in [-0.1, -0.05) is 6.08 Å². The number of hydrogen-bond acceptors (Lipinski definition) is 4. The molecule has 2 aliphatic heterocycles. The Balaban J connectivity index is 2.28. The summed E-state index contributed by atoms with van der Waals surface area (Å²) in [7, 11) is 0. The predicted molar refractivity (Wildman–Crippen MR) is 64.2 cm³/mol. The first-order valence-electron chi connectivity index (χ1n) is 6.19. The molecule has 2 heterocycles. The molecule has 0 bridgehead atoms. The first-order valence-corrected chi connectivity index (χ1v) is 6.19. The third-order valence-corrected chi connectivity index (χ3v) is 3.46. The maximum Gasteiger partial charge on any atom is 0.303 e. The highest BCUT2D eigenvalue weighted by atomic mass is 16.8. The molecule has 5 nitrogen and oxygen atoms in total. The monoisotopic (exact) mass is 256 g/mol. The quantitative estimate of drug-likeness (QED) is 0.779. The fourth-order valence-corrected chi connectivity index (χ4v) is 2.57. The summed E-state index contributed by atoms with van der Waals surface area (Å²) in [5, 5.41) is 8.86. The third kappa shape index (κ3) is 2.30. The second kappa shape index (κ2) is 4.33. The lowest BCUT2D eigenvalue weighted by Gasteiger charge is -2.49. The summed E-state index contributed by atoms with van der Waals surface area (Å²) in [5.41, 5.74) is -1.24. The lowest BCUT2D eigenvalue weighted by molar-refractivity contribution is -0.285.